The van der Waals surface area contributed by atoms with Crippen LogP contribution < -0.4 is 10.6 Å². The van der Waals surface area contributed by atoms with E-state index in [9.17, 15) is 14.0 Å². The molecule has 208 valence electrons. The Morgan fingerprint density at radius 1 is 1.13 bits per heavy atom. The van der Waals surface area contributed by atoms with Gasteiger partial charge in [0, 0.05) is 16.5 Å². The number of nitrogens with zero attached hydrogens (tertiary/aromatic N) is 3. The molecule has 0 bridgehead atoms. The third-order valence-corrected chi connectivity index (χ3v) is 7.47. The summed E-state index contributed by atoms with van der Waals surface area (Å²) in [5, 5.41) is 11.3. The topological polar surface area (TPSA) is 79.3 Å². The molecular weight excluding hydrogens is 517 g/mol. The summed E-state index contributed by atoms with van der Waals surface area (Å²) in [4.78, 5) is 28.0. The Labute approximate surface area is 234 Å². The van der Waals surface area contributed by atoms with Gasteiger partial charge in [0.1, 0.15) is 5.82 Å². The molecule has 2 amide bonds. The van der Waals surface area contributed by atoms with Gasteiger partial charge >= 0.3 is 0 Å². The zero-order chi connectivity index (χ0) is 28.3. The van der Waals surface area contributed by atoms with Crippen LogP contribution in [0.3, 0.4) is 0 Å². The number of carbonyl (C=O) groups is 2. The minimum atomic E-state index is -0.633. The highest BCUT2D eigenvalue weighted by molar-refractivity contribution is 6.30. The van der Waals surface area contributed by atoms with Crippen LogP contribution in [0.5, 0.6) is 0 Å². The zero-order valence-electron chi connectivity index (χ0n) is 23.2. The molecule has 0 saturated carbocycles. The van der Waals surface area contributed by atoms with E-state index in [-0.39, 0.29) is 29.5 Å². The summed E-state index contributed by atoms with van der Waals surface area (Å²) in [6, 6.07) is 13.8. The Hall–Kier alpha value is -3.23. The van der Waals surface area contributed by atoms with E-state index in [1.165, 1.54) is 12.1 Å². The summed E-state index contributed by atoms with van der Waals surface area (Å²) in [5.41, 5.74) is 2.79. The lowest BCUT2D eigenvalue weighted by Gasteiger charge is -2.29. The number of carbonyl (C=O) groups excluding carboxylic acids is 2. The maximum absolute atomic E-state index is 15.0. The first kappa shape index (κ1) is 28.8. The summed E-state index contributed by atoms with van der Waals surface area (Å²) in [7, 11) is 2.05. The van der Waals surface area contributed by atoms with Crippen molar-refractivity contribution in [3.8, 4) is 5.69 Å². The molecule has 0 radical (unpaired) electrons. The van der Waals surface area contributed by atoms with Crippen molar-refractivity contribution in [2.75, 3.05) is 20.1 Å². The highest BCUT2D eigenvalue weighted by Crippen LogP contribution is 2.25. The van der Waals surface area contributed by atoms with Crippen molar-refractivity contribution in [3.05, 3.63) is 81.9 Å². The van der Waals surface area contributed by atoms with Crippen LogP contribution in [-0.4, -0.2) is 52.7 Å². The van der Waals surface area contributed by atoms with E-state index in [2.05, 4.69) is 36.3 Å². The molecule has 1 saturated heterocycles. The van der Waals surface area contributed by atoms with Gasteiger partial charge in [-0.3, -0.25) is 9.59 Å². The molecule has 9 heteroatoms. The van der Waals surface area contributed by atoms with Gasteiger partial charge in [-0.25, -0.2) is 9.07 Å². The summed E-state index contributed by atoms with van der Waals surface area (Å²) in [6.07, 6.45) is 1.68. The van der Waals surface area contributed by atoms with E-state index in [0.29, 0.717) is 10.6 Å². The van der Waals surface area contributed by atoms with Crippen LogP contribution in [0.4, 0.5) is 4.39 Å². The van der Waals surface area contributed by atoms with Crippen LogP contribution in [0.25, 0.3) is 5.69 Å². The van der Waals surface area contributed by atoms with Crippen molar-refractivity contribution in [1.82, 2.24) is 25.3 Å². The summed E-state index contributed by atoms with van der Waals surface area (Å²) < 4.78 is 16.7. The second-order valence-electron chi connectivity index (χ2n) is 11.4. The number of nitrogens with one attached hydrogen (secondary N) is 2. The highest BCUT2D eigenvalue weighted by atomic mass is 35.5. The van der Waals surface area contributed by atoms with Gasteiger partial charge in [-0.05, 0) is 81.9 Å². The number of rotatable bonds is 7. The van der Waals surface area contributed by atoms with Crippen LogP contribution in [-0.2, 0) is 16.8 Å². The van der Waals surface area contributed by atoms with Crippen LogP contribution in [0.2, 0.25) is 5.02 Å². The molecule has 2 heterocycles. The molecule has 4 rings (SSSR count). The fraction of sp³-hybridized carbons (Fsp3) is 0.433. The van der Waals surface area contributed by atoms with Gasteiger partial charge < -0.3 is 15.5 Å². The molecule has 39 heavy (non-hydrogen) atoms. The second-order valence-corrected chi connectivity index (χ2v) is 11.8. The maximum atomic E-state index is 15.0. The van der Waals surface area contributed by atoms with E-state index in [1.54, 1.807) is 23.7 Å². The number of piperidine rings is 1. The SMILES string of the molecule is CC(C(=O)NCc1cc(C(C)(C)C)nn1-c1cccc(Cl)c1)c1ccc(C(=O)NC2CCN(C)CC2)c(F)c1. The Morgan fingerprint density at radius 3 is 2.49 bits per heavy atom. The number of likely N-dealkylation sites (tertiary alicyclic amines) is 1. The summed E-state index contributed by atoms with van der Waals surface area (Å²) in [6.45, 7) is 9.99. The largest absolute Gasteiger partial charge is 0.350 e. The standard InChI is InChI=1S/C30H37ClFN5O2/c1-19(20-9-10-25(26(32)15-20)29(39)34-22-11-13-36(5)14-12-22)28(38)33-18-24-17-27(30(2,3)4)35-37(24)23-8-6-7-21(31)16-23/h6-10,15-17,19,22H,11-14,18H2,1-5H3,(H,33,38)(H,34,39). The fourth-order valence-corrected chi connectivity index (χ4v) is 4.81. The highest BCUT2D eigenvalue weighted by Gasteiger charge is 2.24. The molecule has 0 spiro atoms. The molecule has 2 aromatic carbocycles. The Balaban J connectivity index is 1.44. The van der Waals surface area contributed by atoms with Crippen LogP contribution in [0.15, 0.2) is 48.5 Å². The molecular formula is C30H37ClFN5O2. The summed E-state index contributed by atoms with van der Waals surface area (Å²) in [5.74, 6) is -1.93. The van der Waals surface area contributed by atoms with Crippen molar-refractivity contribution >= 4 is 23.4 Å². The Morgan fingerprint density at radius 2 is 1.85 bits per heavy atom. The summed E-state index contributed by atoms with van der Waals surface area (Å²) >= 11 is 6.21. The van der Waals surface area contributed by atoms with Gasteiger partial charge in [-0.15, -0.1) is 0 Å². The Kier molecular flexibility index (Phi) is 8.76. The maximum Gasteiger partial charge on any atom is 0.254 e. The average molecular weight is 554 g/mol. The Bertz CT molecular complexity index is 1340. The molecule has 1 unspecified atom stereocenters. The number of hydrogen-bond donors (Lipinski definition) is 2. The van der Waals surface area contributed by atoms with Crippen molar-refractivity contribution in [2.24, 2.45) is 0 Å². The van der Waals surface area contributed by atoms with Crippen molar-refractivity contribution in [2.45, 2.75) is 64.5 Å². The molecule has 1 aliphatic rings. The van der Waals surface area contributed by atoms with Gasteiger partial charge in [0.25, 0.3) is 5.91 Å². The smallest absolute Gasteiger partial charge is 0.254 e. The minimum Gasteiger partial charge on any atom is -0.350 e. The lowest BCUT2D eigenvalue weighted by Crippen LogP contribution is -2.43. The molecule has 0 aliphatic carbocycles. The number of amides is 2. The number of halogens is 2. The lowest BCUT2D eigenvalue weighted by molar-refractivity contribution is -0.122. The molecule has 2 N–H and O–H groups in total. The molecule has 1 fully saturated rings. The molecule has 7 nitrogen and oxygen atoms in total. The van der Waals surface area contributed by atoms with Gasteiger partial charge in [-0.2, -0.15) is 5.10 Å². The van der Waals surface area contributed by atoms with Gasteiger partial charge in [0.05, 0.1) is 35.1 Å². The first-order valence-corrected chi connectivity index (χ1v) is 13.7. The lowest BCUT2D eigenvalue weighted by atomic mass is 9.92. The molecule has 1 atom stereocenters. The number of benzene rings is 2. The van der Waals surface area contributed by atoms with E-state index < -0.39 is 17.6 Å². The van der Waals surface area contributed by atoms with Crippen LogP contribution in [0.1, 0.15) is 73.8 Å². The first-order valence-electron chi connectivity index (χ1n) is 13.3. The van der Waals surface area contributed by atoms with Gasteiger partial charge in [0.2, 0.25) is 5.91 Å². The van der Waals surface area contributed by atoms with Crippen molar-refractivity contribution in [1.29, 1.82) is 0 Å². The number of aromatic nitrogens is 2. The predicted molar refractivity (Wildman–Crippen MR) is 152 cm³/mol. The first-order chi connectivity index (χ1) is 18.4. The monoisotopic (exact) mass is 553 g/mol. The molecule has 1 aliphatic heterocycles. The van der Waals surface area contributed by atoms with Crippen LogP contribution >= 0.6 is 11.6 Å². The molecule has 1 aromatic heterocycles. The van der Waals surface area contributed by atoms with Crippen molar-refractivity contribution in [3.63, 3.8) is 0 Å². The quantitative estimate of drug-likeness (QED) is 0.421. The predicted octanol–water partition coefficient (Wildman–Crippen LogP) is 5.21. The zero-order valence-corrected chi connectivity index (χ0v) is 24.0. The van der Waals surface area contributed by atoms with Crippen LogP contribution in [0, 0.1) is 5.82 Å². The minimum absolute atomic E-state index is 0.00887. The fourth-order valence-electron chi connectivity index (χ4n) is 4.63. The van der Waals surface area contributed by atoms with E-state index in [4.69, 9.17) is 16.7 Å². The normalized spacial score (nSPS) is 15.7. The van der Waals surface area contributed by atoms with E-state index in [1.807, 2.05) is 31.3 Å². The number of hydrogen-bond acceptors (Lipinski definition) is 4. The average Bonchev–Trinajstić information content (AvgIpc) is 3.33. The van der Waals surface area contributed by atoms with E-state index >= 15 is 0 Å². The van der Waals surface area contributed by atoms with E-state index in [0.717, 1.165) is 43.0 Å². The second kappa shape index (κ2) is 11.9. The van der Waals surface area contributed by atoms with Gasteiger partial charge in [0.15, 0.2) is 0 Å². The van der Waals surface area contributed by atoms with Crippen molar-refractivity contribution < 1.29 is 14.0 Å². The third kappa shape index (κ3) is 7.05. The third-order valence-electron chi connectivity index (χ3n) is 7.23. The van der Waals surface area contributed by atoms with Gasteiger partial charge in [-0.1, -0.05) is 44.5 Å². The molecule has 3 aromatic rings.